The van der Waals surface area contributed by atoms with Crippen molar-refractivity contribution in [2.24, 2.45) is 0 Å². The van der Waals surface area contributed by atoms with E-state index in [4.69, 9.17) is 0 Å². The maximum Gasteiger partial charge on any atom is 0.305 e. The number of aliphatic hydroxyl groups is 2. The molecule has 4 heteroatoms. The highest BCUT2D eigenvalue weighted by atomic mass is 16.5. The summed E-state index contributed by atoms with van der Waals surface area (Å²) in [7, 11) is 1.32. The second kappa shape index (κ2) is 7.53. The van der Waals surface area contributed by atoms with Gasteiger partial charge in [-0.1, -0.05) is 6.08 Å². The minimum absolute atomic E-state index is 0.272. The van der Waals surface area contributed by atoms with Crippen LogP contribution in [-0.2, 0) is 9.53 Å². The van der Waals surface area contributed by atoms with Crippen molar-refractivity contribution in [1.82, 2.24) is 0 Å². The number of rotatable bonds is 7. The highest BCUT2D eigenvalue weighted by Crippen LogP contribution is 2.08. The Morgan fingerprint density at radius 2 is 2.14 bits per heavy atom. The van der Waals surface area contributed by atoms with Gasteiger partial charge in [0, 0.05) is 6.42 Å². The number of carbonyl (C=O) groups excluding carboxylic acids is 1. The van der Waals surface area contributed by atoms with Crippen molar-refractivity contribution in [2.75, 3.05) is 7.11 Å². The van der Waals surface area contributed by atoms with Crippen LogP contribution in [0, 0.1) is 0 Å². The van der Waals surface area contributed by atoms with Crippen LogP contribution in [-0.4, -0.2) is 35.5 Å². The van der Waals surface area contributed by atoms with E-state index in [0.29, 0.717) is 19.3 Å². The molecule has 0 spiro atoms. The third-order valence-corrected chi connectivity index (χ3v) is 1.96. The van der Waals surface area contributed by atoms with Crippen LogP contribution in [0.25, 0.3) is 0 Å². The molecule has 2 N–H and O–H groups in total. The van der Waals surface area contributed by atoms with Crippen LogP contribution in [0.4, 0.5) is 0 Å². The van der Waals surface area contributed by atoms with Crippen molar-refractivity contribution in [3.8, 4) is 0 Å². The highest BCUT2D eigenvalue weighted by molar-refractivity contribution is 5.68. The summed E-state index contributed by atoms with van der Waals surface area (Å²) < 4.78 is 4.44. The molecule has 0 fully saturated rings. The predicted octanol–water partition coefficient (Wildman–Crippen LogP) is 0.628. The molecule has 0 bridgehead atoms. The quantitative estimate of drug-likeness (QED) is 0.469. The number of methoxy groups -OCH3 is 1. The topological polar surface area (TPSA) is 66.8 Å². The standard InChI is InChI=1S/C10H18O4/c1-3-5-8(11)9(12)6-4-7-10(13)14-2/h3,8-9,11-12H,1,4-7H2,2H3/t8-,9+/m1/s1. The summed E-state index contributed by atoms with van der Waals surface area (Å²) in [6.07, 6.45) is 1.51. The van der Waals surface area contributed by atoms with Crippen molar-refractivity contribution < 1.29 is 19.7 Å². The van der Waals surface area contributed by atoms with Gasteiger partial charge in [-0.15, -0.1) is 6.58 Å². The van der Waals surface area contributed by atoms with Gasteiger partial charge < -0.3 is 14.9 Å². The van der Waals surface area contributed by atoms with Crippen molar-refractivity contribution in [1.29, 1.82) is 0 Å². The molecule has 4 nitrogen and oxygen atoms in total. The van der Waals surface area contributed by atoms with Crippen LogP contribution in [0.5, 0.6) is 0 Å². The second-order valence-corrected chi connectivity index (χ2v) is 3.13. The van der Waals surface area contributed by atoms with E-state index in [2.05, 4.69) is 11.3 Å². The molecule has 0 aliphatic heterocycles. The summed E-state index contributed by atoms with van der Waals surface area (Å²) >= 11 is 0. The molecule has 0 rings (SSSR count). The Morgan fingerprint density at radius 3 is 2.64 bits per heavy atom. The first-order chi connectivity index (χ1) is 6.61. The summed E-state index contributed by atoms with van der Waals surface area (Å²) in [6, 6.07) is 0. The Labute approximate surface area is 84.2 Å². The monoisotopic (exact) mass is 202 g/mol. The van der Waals surface area contributed by atoms with E-state index in [1.54, 1.807) is 6.08 Å². The molecule has 0 saturated carbocycles. The molecule has 2 atom stereocenters. The number of ether oxygens (including phenoxy) is 1. The van der Waals surface area contributed by atoms with Gasteiger partial charge in [0.1, 0.15) is 0 Å². The van der Waals surface area contributed by atoms with Crippen LogP contribution in [0.1, 0.15) is 25.7 Å². The van der Waals surface area contributed by atoms with Crippen molar-refractivity contribution in [2.45, 2.75) is 37.9 Å². The molecule has 0 unspecified atom stereocenters. The Bertz CT molecular complexity index is 179. The molecule has 0 heterocycles. The summed E-state index contributed by atoms with van der Waals surface area (Å²) in [5.41, 5.74) is 0. The minimum atomic E-state index is -0.794. The summed E-state index contributed by atoms with van der Waals surface area (Å²) in [5, 5.41) is 18.7. The second-order valence-electron chi connectivity index (χ2n) is 3.13. The van der Waals surface area contributed by atoms with E-state index in [-0.39, 0.29) is 12.4 Å². The molecular formula is C10H18O4. The molecule has 0 aliphatic rings. The molecule has 0 aromatic carbocycles. The van der Waals surface area contributed by atoms with Gasteiger partial charge in [-0.3, -0.25) is 4.79 Å². The Kier molecular flexibility index (Phi) is 7.06. The smallest absolute Gasteiger partial charge is 0.305 e. The fourth-order valence-electron chi connectivity index (χ4n) is 1.08. The first-order valence-corrected chi connectivity index (χ1v) is 4.65. The fourth-order valence-corrected chi connectivity index (χ4v) is 1.08. The Hall–Kier alpha value is -0.870. The zero-order valence-electron chi connectivity index (χ0n) is 8.48. The summed E-state index contributed by atoms with van der Waals surface area (Å²) in [6.45, 7) is 3.46. The molecule has 0 amide bonds. The third-order valence-electron chi connectivity index (χ3n) is 1.96. The number of aliphatic hydroxyl groups excluding tert-OH is 2. The zero-order chi connectivity index (χ0) is 11.0. The van der Waals surface area contributed by atoms with E-state index in [1.165, 1.54) is 7.11 Å². The molecule has 14 heavy (non-hydrogen) atoms. The van der Waals surface area contributed by atoms with Crippen LogP contribution < -0.4 is 0 Å². The lowest BCUT2D eigenvalue weighted by atomic mass is 10.0. The minimum Gasteiger partial charge on any atom is -0.469 e. The number of hydrogen-bond donors (Lipinski definition) is 2. The molecule has 0 aliphatic carbocycles. The van der Waals surface area contributed by atoms with E-state index >= 15 is 0 Å². The number of esters is 1. The van der Waals surface area contributed by atoms with Crippen LogP contribution >= 0.6 is 0 Å². The maximum absolute atomic E-state index is 10.7. The van der Waals surface area contributed by atoms with Gasteiger partial charge in [0.05, 0.1) is 19.3 Å². The highest BCUT2D eigenvalue weighted by Gasteiger charge is 2.14. The summed E-state index contributed by atoms with van der Waals surface area (Å²) in [4.78, 5) is 10.7. The van der Waals surface area contributed by atoms with Gasteiger partial charge in [0.15, 0.2) is 0 Å². The largest absolute Gasteiger partial charge is 0.469 e. The molecular weight excluding hydrogens is 184 g/mol. The van der Waals surface area contributed by atoms with Gasteiger partial charge in [-0.2, -0.15) is 0 Å². The molecule has 0 radical (unpaired) electrons. The normalized spacial score (nSPS) is 14.5. The lowest BCUT2D eigenvalue weighted by Crippen LogP contribution is -2.25. The van der Waals surface area contributed by atoms with Crippen molar-refractivity contribution in [3.05, 3.63) is 12.7 Å². The molecule has 0 saturated heterocycles. The number of carbonyl (C=O) groups is 1. The van der Waals surface area contributed by atoms with E-state index < -0.39 is 12.2 Å². The van der Waals surface area contributed by atoms with Gasteiger partial charge in [-0.05, 0) is 19.3 Å². The van der Waals surface area contributed by atoms with E-state index in [0.717, 1.165) is 0 Å². The maximum atomic E-state index is 10.7. The van der Waals surface area contributed by atoms with Gasteiger partial charge >= 0.3 is 5.97 Å². The van der Waals surface area contributed by atoms with Crippen LogP contribution in [0.2, 0.25) is 0 Å². The first-order valence-electron chi connectivity index (χ1n) is 4.65. The number of hydrogen-bond acceptors (Lipinski definition) is 4. The third kappa shape index (κ3) is 5.72. The SMILES string of the molecule is C=CC[C@@H](O)[C@@H](O)CCCC(=O)OC. The average Bonchev–Trinajstić information content (AvgIpc) is 2.17. The van der Waals surface area contributed by atoms with Crippen molar-refractivity contribution >= 4 is 5.97 Å². The molecule has 82 valence electrons. The van der Waals surface area contributed by atoms with Crippen molar-refractivity contribution in [3.63, 3.8) is 0 Å². The summed E-state index contributed by atoms with van der Waals surface area (Å²) in [5.74, 6) is -0.296. The van der Waals surface area contributed by atoms with E-state index in [1.807, 2.05) is 0 Å². The molecule has 0 aromatic rings. The lowest BCUT2D eigenvalue weighted by molar-refractivity contribution is -0.140. The Morgan fingerprint density at radius 1 is 1.50 bits per heavy atom. The first kappa shape index (κ1) is 13.1. The van der Waals surface area contributed by atoms with E-state index in [9.17, 15) is 15.0 Å². The lowest BCUT2D eigenvalue weighted by Gasteiger charge is -2.15. The van der Waals surface area contributed by atoms with Gasteiger partial charge in [0.2, 0.25) is 0 Å². The van der Waals surface area contributed by atoms with Gasteiger partial charge in [-0.25, -0.2) is 0 Å². The van der Waals surface area contributed by atoms with Gasteiger partial charge in [0.25, 0.3) is 0 Å². The van der Waals surface area contributed by atoms with Crippen LogP contribution in [0.3, 0.4) is 0 Å². The van der Waals surface area contributed by atoms with Crippen LogP contribution in [0.15, 0.2) is 12.7 Å². The molecule has 0 aromatic heterocycles. The predicted molar refractivity (Wildman–Crippen MR) is 52.7 cm³/mol. The fraction of sp³-hybridized carbons (Fsp3) is 0.700. The Balaban J connectivity index is 3.57. The zero-order valence-corrected chi connectivity index (χ0v) is 8.48. The average molecular weight is 202 g/mol.